The quantitative estimate of drug-likeness (QED) is 0.686. The number of hydrogen-bond donors (Lipinski definition) is 3. The van der Waals surface area contributed by atoms with Crippen LogP contribution in [-0.4, -0.2) is 31.4 Å². The molecule has 4 N–H and O–H groups in total. The molecule has 2 aromatic rings. The molecule has 0 bridgehead atoms. The van der Waals surface area contributed by atoms with Crippen LogP contribution >= 0.6 is 0 Å². The summed E-state index contributed by atoms with van der Waals surface area (Å²) >= 11 is 0. The van der Waals surface area contributed by atoms with Gasteiger partial charge < -0.3 is 21.3 Å². The first-order chi connectivity index (χ1) is 13.7. The van der Waals surface area contributed by atoms with Crippen LogP contribution in [0.25, 0.3) is 0 Å². The molecule has 1 aliphatic heterocycles. The minimum absolute atomic E-state index is 0.209. The van der Waals surface area contributed by atoms with Crippen molar-refractivity contribution in [3.8, 4) is 0 Å². The van der Waals surface area contributed by atoms with E-state index in [9.17, 15) is 22.8 Å². The molecule has 0 saturated carbocycles. The van der Waals surface area contributed by atoms with Gasteiger partial charge >= 0.3 is 6.18 Å². The summed E-state index contributed by atoms with van der Waals surface area (Å²) in [4.78, 5) is 25.3. The Morgan fingerprint density at radius 3 is 2.28 bits per heavy atom. The van der Waals surface area contributed by atoms with Crippen LogP contribution in [0.5, 0.6) is 0 Å². The third-order valence-corrected chi connectivity index (χ3v) is 4.66. The SMILES string of the molecule is NC(=O)c1ccc(NC(=O)CNc2cc(C(F)(F)F)ccc2N2CCCC2)cc1. The molecule has 2 amide bonds. The predicted octanol–water partition coefficient (Wildman–Crippen LogP) is 3.46. The largest absolute Gasteiger partial charge is 0.416 e. The van der Waals surface area contributed by atoms with Gasteiger partial charge in [-0.15, -0.1) is 0 Å². The smallest absolute Gasteiger partial charge is 0.374 e. The summed E-state index contributed by atoms with van der Waals surface area (Å²) in [5.74, 6) is -1.01. The van der Waals surface area contributed by atoms with Gasteiger partial charge in [-0.2, -0.15) is 13.2 Å². The van der Waals surface area contributed by atoms with Crippen LogP contribution in [-0.2, 0) is 11.0 Å². The van der Waals surface area contributed by atoms with E-state index in [4.69, 9.17) is 5.73 Å². The second-order valence-corrected chi connectivity index (χ2v) is 6.77. The van der Waals surface area contributed by atoms with Crippen molar-refractivity contribution in [1.82, 2.24) is 0 Å². The summed E-state index contributed by atoms with van der Waals surface area (Å²) in [6.45, 7) is 1.32. The average molecular weight is 406 g/mol. The van der Waals surface area contributed by atoms with E-state index in [1.54, 1.807) is 0 Å². The third kappa shape index (κ3) is 5.18. The molecule has 0 radical (unpaired) electrons. The normalized spacial score (nSPS) is 14.0. The third-order valence-electron chi connectivity index (χ3n) is 4.66. The lowest BCUT2D eigenvalue weighted by molar-refractivity contribution is -0.137. The van der Waals surface area contributed by atoms with Crippen LogP contribution in [0.2, 0.25) is 0 Å². The summed E-state index contributed by atoms with van der Waals surface area (Å²) in [6, 6.07) is 9.53. The number of nitrogens with two attached hydrogens (primary N) is 1. The van der Waals surface area contributed by atoms with E-state index in [0.29, 0.717) is 16.9 Å². The maximum atomic E-state index is 13.1. The highest BCUT2D eigenvalue weighted by Crippen LogP contribution is 2.36. The monoisotopic (exact) mass is 406 g/mol. The van der Waals surface area contributed by atoms with E-state index in [-0.39, 0.29) is 12.2 Å². The maximum Gasteiger partial charge on any atom is 0.416 e. The van der Waals surface area contributed by atoms with Gasteiger partial charge in [0.2, 0.25) is 11.8 Å². The first-order valence-electron chi connectivity index (χ1n) is 9.14. The minimum atomic E-state index is -4.47. The van der Waals surface area contributed by atoms with E-state index < -0.39 is 23.6 Å². The number of anilines is 3. The van der Waals surface area contributed by atoms with E-state index in [2.05, 4.69) is 10.6 Å². The fourth-order valence-corrected chi connectivity index (χ4v) is 3.19. The molecular weight excluding hydrogens is 385 g/mol. The summed E-state index contributed by atoms with van der Waals surface area (Å²) in [5.41, 5.74) is 6.06. The fourth-order valence-electron chi connectivity index (χ4n) is 3.19. The van der Waals surface area contributed by atoms with Gasteiger partial charge in [-0.25, -0.2) is 0 Å². The number of carbonyl (C=O) groups excluding carboxylic acids is 2. The molecule has 0 aliphatic carbocycles. The van der Waals surface area contributed by atoms with E-state index in [0.717, 1.165) is 38.1 Å². The lowest BCUT2D eigenvalue weighted by atomic mass is 10.1. The van der Waals surface area contributed by atoms with Gasteiger partial charge in [-0.05, 0) is 55.3 Å². The highest BCUT2D eigenvalue weighted by atomic mass is 19.4. The van der Waals surface area contributed by atoms with Crippen LogP contribution in [0, 0.1) is 0 Å². The molecular formula is C20H21F3N4O2. The molecule has 9 heteroatoms. The Hall–Kier alpha value is -3.23. The van der Waals surface area contributed by atoms with Gasteiger partial charge in [-0.1, -0.05) is 0 Å². The number of halogens is 3. The molecule has 1 heterocycles. The number of rotatable bonds is 6. The number of benzene rings is 2. The molecule has 1 aliphatic rings. The fraction of sp³-hybridized carbons (Fsp3) is 0.300. The lowest BCUT2D eigenvalue weighted by Gasteiger charge is -2.23. The average Bonchev–Trinajstić information content (AvgIpc) is 3.20. The molecule has 2 aromatic carbocycles. The van der Waals surface area contributed by atoms with Crippen molar-refractivity contribution in [3.63, 3.8) is 0 Å². The molecule has 6 nitrogen and oxygen atoms in total. The highest BCUT2D eigenvalue weighted by Gasteiger charge is 2.31. The Morgan fingerprint density at radius 1 is 1.03 bits per heavy atom. The molecule has 0 aromatic heterocycles. The number of alkyl halides is 3. The van der Waals surface area contributed by atoms with Crippen molar-refractivity contribution in [2.75, 3.05) is 35.2 Å². The summed E-state index contributed by atoms with van der Waals surface area (Å²) in [6.07, 6.45) is -2.52. The van der Waals surface area contributed by atoms with Crippen LogP contribution in [0.4, 0.5) is 30.2 Å². The molecule has 1 saturated heterocycles. The van der Waals surface area contributed by atoms with Gasteiger partial charge in [0.05, 0.1) is 23.5 Å². The van der Waals surface area contributed by atoms with Gasteiger partial charge in [0.1, 0.15) is 0 Å². The zero-order valence-electron chi connectivity index (χ0n) is 15.6. The summed E-state index contributed by atoms with van der Waals surface area (Å²) in [5, 5.41) is 5.45. The summed E-state index contributed by atoms with van der Waals surface area (Å²) in [7, 11) is 0. The van der Waals surface area contributed by atoms with E-state index in [1.807, 2.05) is 4.90 Å². The van der Waals surface area contributed by atoms with Gasteiger partial charge in [0.15, 0.2) is 0 Å². The summed E-state index contributed by atoms with van der Waals surface area (Å²) < 4.78 is 39.3. The van der Waals surface area contributed by atoms with E-state index in [1.165, 1.54) is 30.3 Å². The molecule has 154 valence electrons. The second-order valence-electron chi connectivity index (χ2n) is 6.77. The minimum Gasteiger partial charge on any atom is -0.374 e. The van der Waals surface area contributed by atoms with Gasteiger partial charge in [-0.3, -0.25) is 9.59 Å². The zero-order chi connectivity index (χ0) is 21.0. The van der Waals surface area contributed by atoms with Crippen LogP contribution < -0.4 is 21.3 Å². The molecule has 0 spiro atoms. The topological polar surface area (TPSA) is 87.5 Å². The van der Waals surface area contributed by atoms with Crippen LogP contribution in [0.1, 0.15) is 28.8 Å². The molecule has 0 unspecified atom stereocenters. The first-order valence-corrected chi connectivity index (χ1v) is 9.14. The second kappa shape index (κ2) is 8.42. The van der Waals surface area contributed by atoms with Crippen LogP contribution in [0.15, 0.2) is 42.5 Å². The maximum absolute atomic E-state index is 13.1. The number of primary amides is 1. The molecule has 29 heavy (non-hydrogen) atoms. The molecule has 1 fully saturated rings. The zero-order valence-corrected chi connectivity index (χ0v) is 15.6. The number of carbonyl (C=O) groups is 2. The van der Waals surface area contributed by atoms with Crippen LogP contribution in [0.3, 0.4) is 0 Å². The van der Waals surface area contributed by atoms with Crippen molar-refractivity contribution < 1.29 is 22.8 Å². The van der Waals surface area contributed by atoms with Crippen molar-refractivity contribution in [1.29, 1.82) is 0 Å². The number of hydrogen-bond acceptors (Lipinski definition) is 4. The van der Waals surface area contributed by atoms with Crippen molar-refractivity contribution in [3.05, 3.63) is 53.6 Å². The van der Waals surface area contributed by atoms with Crippen molar-refractivity contribution in [2.45, 2.75) is 19.0 Å². The number of nitrogens with zero attached hydrogens (tertiary/aromatic N) is 1. The number of nitrogens with one attached hydrogen (secondary N) is 2. The Kier molecular flexibility index (Phi) is 5.95. The molecule has 0 atom stereocenters. The van der Waals surface area contributed by atoms with Gasteiger partial charge in [0, 0.05) is 24.3 Å². The van der Waals surface area contributed by atoms with Crippen molar-refractivity contribution in [2.24, 2.45) is 5.73 Å². The lowest BCUT2D eigenvalue weighted by Crippen LogP contribution is -2.24. The Labute approximate surface area is 165 Å². The predicted molar refractivity (Wildman–Crippen MR) is 105 cm³/mol. The standard InChI is InChI=1S/C20H21F3N4O2/c21-20(22,23)14-5-8-17(27-9-1-2-10-27)16(11-14)25-12-18(28)26-15-6-3-13(4-7-15)19(24)29/h3-8,11,25H,1-2,9-10,12H2,(H2,24,29)(H,26,28). The van der Waals surface area contributed by atoms with Crippen molar-refractivity contribution >= 4 is 28.9 Å². The number of amides is 2. The first kappa shape index (κ1) is 20.5. The Bertz CT molecular complexity index is 892. The molecule has 3 rings (SSSR count). The van der Waals surface area contributed by atoms with E-state index >= 15 is 0 Å². The Balaban J connectivity index is 1.70. The highest BCUT2D eigenvalue weighted by molar-refractivity contribution is 5.96. The van der Waals surface area contributed by atoms with Gasteiger partial charge in [0.25, 0.3) is 0 Å². The Morgan fingerprint density at radius 2 is 1.69 bits per heavy atom.